The molecule has 1 aliphatic heterocycles. The van der Waals surface area contributed by atoms with Crippen LogP contribution in [0, 0.1) is 0 Å². The molecule has 0 aliphatic carbocycles. The van der Waals surface area contributed by atoms with Crippen LogP contribution in [0.15, 0.2) is 71.6 Å². The maximum absolute atomic E-state index is 13.3. The van der Waals surface area contributed by atoms with E-state index in [1.807, 2.05) is 30.3 Å². The molecule has 0 unspecified atom stereocenters. The second-order valence-corrected chi connectivity index (χ2v) is 9.12. The summed E-state index contributed by atoms with van der Waals surface area (Å²) in [4.78, 5) is 13.8. The summed E-state index contributed by atoms with van der Waals surface area (Å²) in [5.41, 5.74) is -0.680. The zero-order valence-corrected chi connectivity index (χ0v) is 17.2. The number of amides is 1. The summed E-state index contributed by atoms with van der Waals surface area (Å²) < 4.78 is 66.7. The van der Waals surface area contributed by atoms with Gasteiger partial charge in [0.05, 0.1) is 10.5 Å². The molecular weight excluding hydrogens is 429 g/mol. The van der Waals surface area contributed by atoms with Crippen molar-refractivity contribution in [2.24, 2.45) is 0 Å². The number of hydrogen-bond acceptors (Lipinski definition) is 3. The van der Waals surface area contributed by atoms with Crippen molar-refractivity contribution < 1.29 is 26.4 Å². The van der Waals surface area contributed by atoms with Crippen molar-refractivity contribution in [1.29, 1.82) is 0 Å². The van der Waals surface area contributed by atoms with E-state index >= 15 is 0 Å². The lowest BCUT2D eigenvalue weighted by Gasteiger charge is -2.34. The number of nitrogens with zero attached hydrogens (tertiary/aromatic N) is 2. The Hall–Kier alpha value is -2.91. The van der Waals surface area contributed by atoms with Crippen molar-refractivity contribution in [3.05, 3.63) is 77.9 Å². The van der Waals surface area contributed by atoms with Crippen LogP contribution in [-0.4, -0.2) is 49.7 Å². The maximum atomic E-state index is 13.3. The van der Waals surface area contributed by atoms with Crippen LogP contribution in [0.3, 0.4) is 0 Å². The summed E-state index contributed by atoms with van der Waals surface area (Å²) in [6.07, 6.45) is -4.78. The molecule has 0 bridgehead atoms. The molecule has 0 N–H and O–H groups in total. The SMILES string of the molecule is O=C(c1cccc2ccccc12)N1CCN(S(=O)(=O)c2ccccc2C(F)(F)F)CC1. The first-order valence-corrected chi connectivity index (χ1v) is 11.1. The highest BCUT2D eigenvalue weighted by molar-refractivity contribution is 7.89. The largest absolute Gasteiger partial charge is 0.417 e. The van der Waals surface area contributed by atoms with Crippen LogP contribution < -0.4 is 0 Å². The predicted molar refractivity (Wildman–Crippen MR) is 110 cm³/mol. The number of alkyl halides is 3. The van der Waals surface area contributed by atoms with Gasteiger partial charge in [0.2, 0.25) is 10.0 Å². The van der Waals surface area contributed by atoms with Crippen LogP contribution in [0.1, 0.15) is 15.9 Å². The van der Waals surface area contributed by atoms with Gasteiger partial charge in [0.15, 0.2) is 0 Å². The Kier molecular flexibility index (Phi) is 5.49. The molecule has 1 heterocycles. The molecule has 0 aromatic heterocycles. The lowest BCUT2D eigenvalue weighted by atomic mass is 10.0. The van der Waals surface area contributed by atoms with E-state index in [0.29, 0.717) is 5.56 Å². The summed E-state index contributed by atoms with van der Waals surface area (Å²) in [7, 11) is -4.35. The Labute approximate surface area is 177 Å². The van der Waals surface area contributed by atoms with E-state index in [1.165, 1.54) is 11.0 Å². The van der Waals surface area contributed by atoms with E-state index in [0.717, 1.165) is 33.3 Å². The van der Waals surface area contributed by atoms with Gasteiger partial charge in [0, 0.05) is 31.7 Å². The monoisotopic (exact) mass is 448 g/mol. The van der Waals surface area contributed by atoms with Crippen LogP contribution in [-0.2, 0) is 16.2 Å². The predicted octanol–water partition coefficient (Wildman–Crippen LogP) is 4.01. The number of rotatable bonds is 3. The van der Waals surface area contributed by atoms with Gasteiger partial charge in [-0.15, -0.1) is 0 Å². The van der Waals surface area contributed by atoms with Gasteiger partial charge in [-0.2, -0.15) is 17.5 Å². The smallest absolute Gasteiger partial charge is 0.336 e. The van der Waals surface area contributed by atoms with Gasteiger partial charge in [-0.3, -0.25) is 4.79 Å². The van der Waals surface area contributed by atoms with Crippen LogP contribution in [0.2, 0.25) is 0 Å². The Bertz CT molecular complexity index is 1230. The fourth-order valence-corrected chi connectivity index (χ4v) is 5.41. The number of carbonyl (C=O) groups is 1. The standard InChI is InChI=1S/C22H19F3N2O3S/c23-22(24,25)19-10-3-4-11-20(19)31(29,30)27-14-12-26(13-15-27)21(28)18-9-5-7-16-6-1-2-8-17(16)18/h1-11H,12-15H2. The van der Waals surface area contributed by atoms with Gasteiger partial charge in [0.1, 0.15) is 0 Å². The number of hydrogen-bond donors (Lipinski definition) is 0. The molecule has 5 nitrogen and oxygen atoms in total. The molecule has 0 saturated carbocycles. The summed E-state index contributed by atoms with van der Waals surface area (Å²) in [6.45, 7) is 0.0288. The molecule has 3 aromatic carbocycles. The lowest BCUT2D eigenvalue weighted by molar-refractivity contribution is -0.139. The fourth-order valence-electron chi connectivity index (χ4n) is 3.78. The van der Waals surface area contributed by atoms with Crippen molar-refractivity contribution in [1.82, 2.24) is 9.21 Å². The van der Waals surface area contributed by atoms with Gasteiger partial charge in [-0.25, -0.2) is 8.42 Å². The Morgan fingerprint density at radius 2 is 1.42 bits per heavy atom. The Morgan fingerprint density at radius 3 is 2.13 bits per heavy atom. The molecule has 9 heteroatoms. The van der Waals surface area contributed by atoms with Crippen molar-refractivity contribution in [2.75, 3.05) is 26.2 Å². The lowest BCUT2D eigenvalue weighted by Crippen LogP contribution is -2.50. The van der Waals surface area contributed by atoms with Crippen molar-refractivity contribution >= 4 is 26.7 Å². The summed E-state index contributed by atoms with van der Waals surface area (Å²) in [5.74, 6) is -0.232. The Morgan fingerprint density at radius 1 is 0.806 bits per heavy atom. The number of fused-ring (bicyclic) bond motifs is 1. The van der Waals surface area contributed by atoms with Crippen LogP contribution in [0.4, 0.5) is 13.2 Å². The minimum atomic E-state index is -4.78. The topological polar surface area (TPSA) is 57.7 Å². The van der Waals surface area contributed by atoms with E-state index in [4.69, 9.17) is 0 Å². The van der Waals surface area contributed by atoms with E-state index in [-0.39, 0.29) is 32.1 Å². The summed E-state index contributed by atoms with van der Waals surface area (Å²) in [6, 6.07) is 17.0. The third-order valence-corrected chi connectivity index (χ3v) is 7.31. The molecule has 1 aliphatic rings. The molecule has 3 aromatic rings. The Balaban J connectivity index is 1.54. The second-order valence-electron chi connectivity index (χ2n) is 7.22. The summed E-state index contributed by atoms with van der Waals surface area (Å²) >= 11 is 0. The zero-order chi connectivity index (χ0) is 22.2. The first kappa shape index (κ1) is 21.3. The van der Waals surface area contributed by atoms with E-state index < -0.39 is 26.7 Å². The first-order chi connectivity index (χ1) is 14.7. The van der Waals surface area contributed by atoms with Gasteiger partial charge in [-0.1, -0.05) is 48.5 Å². The number of halogens is 3. The molecule has 162 valence electrons. The van der Waals surface area contributed by atoms with Crippen molar-refractivity contribution in [3.63, 3.8) is 0 Å². The van der Waals surface area contributed by atoms with E-state index in [2.05, 4.69) is 0 Å². The highest BCUT2D eigenvalue weighted by Crippen LogP contribution is 2.35. The van der Waals surface area contributed by atoms with Crippen molar-refractivity contribution in [2.45, 2.75) is 11.1 Å². The zero-order valence-electron chi connectivity index (χ0n) is 16.3. The molecule has 1 amide bonds. The van der Waals surface area contributed by atoms with Gasteiger partial charge >= 0.3 is 6.18 Å². The molecular formula is C22H19F3N2O3S. The van der Waals surface area contributed by atoms with Crippen molar-refractivity contribution in [3.8, 4) is 0 Å². The minimum absolute atomic E-state index is 0.0783. The first-order valence-electron chi connectivity index (χ1n) is 9.63. The second kappa shape index (κ2) is 7.97. The van der Waals surface area contributed by atoms with Gasteiger partial charge < -0.3 is 4.90 Å². The fraction of sp³-hybridized carbons (Fsp3) is 0.227. The average molecular weight is 448 g/mol. The van der Waals surface area contributed by atoms with E-state index in [9.17, 15) is 26.4 Å². The average Bonchev–Trinajstić information content (AvgIpc) is 2.78. The highest BCUT2D eigenvalue weighted by Gasteiger charge is 2.39. The minimum Gasteiger partial charge on any atom is -0.336 e. The highest BCUT2D eigenvalue weighted by atomic mass is 32.2. The molecule has 1 saturated heterocycles. The van der Waals surface area contributed by atoms with Gasteiger partial charge in [0.25, 0.3) is 5.91 Å². The molecule has 0 atom stereocenters. The molecule has 0 radical (unpaired) electrons. The van der Waals surface area contributed by atoms with Gasteiger partial charge in [-0.05, 0) is 29.0 Å². The normalized spacial score (nSPS) is 15.9. The maximum Gasteiger partial charge on any atom is 0.417 e. The molecule has 0 spiro atoms. The quantitative estimate of drug-likeness (QED) is 0.609. The van der Waals surface area contributed by atoms with Crippen LogP contribution >= 0.6 is 0 Å². The third-order valence-electron chi connectivity index (χ3n) is 5.36. The molecule has 1 fully saturated rings. The molecule has 4 rings (SSSR count). The number of piperazine rings is 1. The summed E-state index contributed by atoms with van der Waals surface area (Å²) in [5, 5.41) is 1.71. The van der Waals surface area contributed by atoms with Crippen LogP contribution in [0.25, 0.3) is 10.8 Å². The molecule has 31 heavy (non-hydrogen) atoms. The number of sulfonamides is 1. The number of benzene rings is 3. The van der Waals surface area contributed by atoms with E-state index in [1.54, 1.807) is 12.1 Å². The van der Waals surface area contributed by atoms with Crippen LogP contribution in [0.5, 0.6) is 0 Å². The number of carbonyl (C=O) groups excluding carboxylic acids is 1. The third kappa shape index (κ3) is 4.03.